The van der Waals surface area contributed by atoms with Crippen LogP contribution in [-0.2, 0) is 13.0 Å². The van der Waals surface area contributed by atoms with E-state index in [1.54, 1.807) is 6.20 Å². The summed E-state index contributed by atoms with van der Waals surface area (Å²) in [4.78, 5) is 4.10. The summed E-state index contributed by atoms with van der Waals surface area (Å²) in [6.45, 7) is 7.69. The molecule has 5 nitrogen and oxygen atoms in total. The fourth-order valence-electron chi connectivity index (χ4n) is 3.64. The molecule has 0 saturated carbocycles. The van der Waals surface area contributed by atoms with Gasteiger partial charge in [0.25, 0.3) is 0 Å². The van der Waals surface area contributed by atoms with Gasteiger partial charge in [0.1, 0.15) is 17.6 Å². The lowest BCUT2D eigenvalue weighted by Crippen LogP contribution is -2.18. The predicted molar refractivity (Wildman–Crippen MR) is 110 cm³/mol. The summed E-state index contributed by atoms with van der Waals surface area (Å²) in [5.41, 5.74) is 4.73. The molecule has 0 radical (unpaired) electrons. The van der Waals surface area contributed by atoms with Crippen LogP contribution < -0.4 is 14.8 Å². The molecule has 3 aromatic rings. The number of benzene rings is 2. The van der Waals surface area contributed by atoms with Gasteiger partial charge in [-0.05, 0) is 50.6 Å². The van der Waals surface area contributed by atoms with Crippen LogP contribution >= 0.6 is 0 Å². The van der Waals surface area contributed by atoms with Gasteiger partial charge >= 0.3 is 0 Å². The molecule has 5 heteroatoms. The Balaban J connectivity index is 1.46. The third kappa shape index (κ3) is 3.90. The predicted octanol–water partition coefficient (Wildman–Crippen LogP) is 4.45. The molecule has 4 rings (SSSR count). The van der Waals surface area contributed by atoms with Crippen LogP contribution in [0.2, 0.25) is 0 Å². The number of rotatable bonds is 7. The van der Waals surface area contributed by atoms with Gasteiger partial charge in [-0.2, -0.15) is 0 Å². The Morgan fingerprint density at radius 2 is 2.11 bits per heavy atom. The number of hydrogen-bond donors (Lipinski definition) is 1. The molecule has 0 amide bonds. The summed E-state index contributed by atoms with van der Waals surface area (Å²) < 4.78 is 13.8. The van der Waals surface area contributed by atoms with Gasteiger partial charge in [0.05, 0.1) is 12.9 Å². The molecular weight excluding hydrogens is 350 g/mol. The average molecular weight is 377 g/mol. The summed E-state index contributed by atoms with van der Waals surface area (Å²) in [6, 6.07) is 13.0. The Hall–Kier alpha value is -2.79. The lowest BCUT2D eigenvalue weighted by atomic mass is 10.0. The molecule has 0 aliphatic carbocycles. The Morgan fingerprint density at radius 1 is 1.29 bits per heavy atom. The fraction of sp³-hybridized carbons (Fsp3) is 0.348. The van der Waals surface area contributed by atoms with E-state index in [2.05, 4.69) is 60.5 Å². The largest absolute Gasteiger partial charge is 0.494 e. The smallest absolute Gasteiger partial charge is 0.124 e. The van der Waals surface area contributed by atoms with E-state index in [4.69, 9.17) is 9.47 Å². The van der Waals surface area contributed by atoms with Gasteiger partial charge in [0.2, 0.25) is 0 Å². The highest BCUT2D eigenvalue weighted by atomic mass is 16.5. The molecule has 1 aliphatic heterocycles. The van der Waals surface area contributed by atoms with Gasteiger partial charge < -0.3 is 19.4 Å². The molecule has 28 heavy (non-hydrogen) atoms. The molecule has 1 aromatic heterocycles. The number of fused-ring (bicyclic) bond motifs is 1. The molecule has 0 saturated heterocycles. The van der Waals surface area contributed by atoms with E-state index in [-0.39, 0.29) is 12.1 Å². The first-order valence-corrected chi connectivity index (χ1v) is 9.91. The monoisotopic (exact) mass is 377 g/mol. The molecule has 0 fully saturated rings. The molecule has 0 unspecified atom stereocenters. The first-order chi connectivity index (χ1) is 13.6. The Kier molecular flexibility index (Phi) is 5.35. The van der Waals surface area contributed by atoms with Gasteiger partial charge in [-0.1, -0.05) is 12.1 Å². The van der Waals surface area contributed by atoms with Crippen LogP contribution in [0.3, 0.4) is 0 Å². The van der Waals surface area contributed by atoms with Crippen LogP contribution in [0.25, 0.3) is 5.69 Å². The van der Waals surface area contributed by atoms with Gasteiger partial charge in [0, 0.05) is 48.2 Å². The maximum Gasteiger partial charge on any atom is 0.124 e. The van der Waals surface area contributed by atoms with Gasteiger partial charge in [0.15, 0.2) is 0 Å². The SMILES string of the molecule is CCOc1cc2c(cc1CN[C@H](C)c1ccc(-n3ccnc3)cc1)O[C@H](C)C2. The van der Waals surface area contributed by atoms with Crippen LogP contribution in [0.5, 0.6) is 11.5 Å². The molecule has 2 heterocycles. The minimum Gasteiger partial charge on any atom is -0.494 e. The van der Waals surface area contributed by atoms with E-state index in [0.717, 1.165) is 35.7 Å². The number of aromatic nitrogens is 2. The van der Waals surface area contributed by atoms with Crippen molar-refractivity contribution in [2.45, 2.75) is 45.9 Å². The van der Waals surface area contributed by atoms with Crippen molar-refractivity contribution in [1.29, 1.82) is 0 Å². The van der Waals surface area contributed by atoms with Crippen LogP contribution in [0, 0.1) is 0 Å². The van der Waals surface area contributed by atoms with Gasteiger partial charge in [-0.3, -0.25) is 0 Å². The van der Waals surface area contributed by atoms with E-state index in [1.165, 1.54) is 11.1 Å². The maximum absolute atomic E-state index is 5.93. The summed E-state index contributed by atoms with van der Waals surface area (Å²) in [5, 5.41) is 3.62. The van der Waals surface area contributed by atoms with Crippen LogP contribution in [0.4, 0.5) is 0 Å². The average Bonchev–Trinajstić information content (AvgIpc) is 3.35. The zero-order valence-electron chi connectivity index (χ0n) is 16.7. The topological polar surface area (TPSA) is 48.3 Å². The molecule has 1 N–H and O–H groups in total. The number of imidazole rings is 1. The quantitative estimate of drug-likeness (QED) is 0.661. The van der Waals surface area contributed by atoms with E-state index < -0.39 is 0 Å². The Labute approximate surface area is 166 Å². The van der Waals surface area contributed by atoms with Crippen molar-refractivity contribution in [2.75, 3.05) is 6.61 Å². The van der Waals surface area contributed by atoms with Crippen LogP contribution in [-0.4, -0.2) is 22.3 Å². The van der Waals surface area contributed by atoms with E-state index >= 15 is 0 Å². The normalized spacial score (nSPS) is 16.5. The number of nitrogens with one attached hydrogen (secondary N) is 1. The molecule has 1 aliphatic rings. The Morgan fingerprint density at radius 3 is 2.82 bits per heavy atom. The van der Waals surface area contributed by atoms with Crippen molar-refractivity contribution in [3.8, 4) is 17.2 Å². The molecule has 2 atom stereocenters. The minimum absolute atomic E-state index is 0.222. The molecule has 2 aromatic carbocycles. The Bertz CT molecular complexity index is 920. The lowest BCUT2D eigenvalue weighted by molar-refractivity contribution is 0.254. The molecule has 0 bridgehead atoms. The standard InChI is InChI=1S/C23H27N3O2/c1-4-27-22-12-19-11-16(2)28-23(19)13-20(22)14-25-17(3)18-5-7-21(8-6-18)26-10-9-24-15-26/h5-10,12-13,15-17,25H,4,11,14H2,1-3H3/t16-,17-/m1/s1. The highest BCUT2D eigenvalue weighted by molar-refractivity contribution is 5.48. The van der Waals surface area contributed by atoms with Crippen LogP contribution in [0.15, 0.2) is 55.1 Å². The zero-order valence-corrected chi connectivity index (χ0v) is 16.7. The van der Waals surface area contributed by atoms with Gasteiger partial charge in [-0.15, -0.1) is 0 Å². The van der Waals surface area contributed by atoms with Crippen molar-refractivity contribution >= 4 is 0 Å². The number of nitrogens with zero attached hydrogens (tertiary/aromatic N) is 2. The first-order valence-electron chi connectivity index (χ1n) is 9.91. The minimum atomic E-state index is 0.222. The second kappa shape index (κ2) is 8.07. The fourth-order valence-corrected chi connectivity index (χ4v) is 3.64. The number of ether oxygens (including phenoxy) is 2. The summed E-state index contributed by atoms with van der Waals surface area (Å²) >= 11 is 0. The van der Waals surface area contributed by atoms with Crippen molar-refractivity contribution in [3.63, 3.8) is 0 Å². The van der Waals surface area contributed by atoms with Crippen molar-refractivity contribution in [3.05, 3.63) is 71.8 Å². The number of hydrogen-bond acceptors (Lipinski definition) is 4. The summed E-state index contributed by atoms with van der Waals surface area (Å²) in [7, 11) is 0. The third-order valence-corrected chi connectivity index (χ3v) is 5.17. The van der Waals surface area contributed by atoms with E-state index in [1.807, 2.05) is 24.0 Å². The summed E-state index contributed by atoms with van der Waals surface area (Å²) in [6.07, 6.45) is 6.73. The van der Waals surface area contributed by atoms with E-state index in [0.29, 0.717) is 6.61 Å². The van der Waals surface area contributed by atoms with Crippen molar-refractivity contribution in [2.24, 2.45) is 0 Å². The highest BCUT2D eigenvalue weighted by Crippen LogP contribution is 2.35. The summed E-state index contributed by atoms with van der Waals surface area (Å²) in [5.74, 6) is 1.94. The molecular formula is C23H27N3O2. The van der Waals surface area contributed by atoms with Gasteiger partial charge in [-0.25, -0.2) is 4.98 Å². The highest BCUT2D eigenvalue weighted by Gasteiger charge is 2.22. The molecule has 0 spiro atoms. The first kappa shape index (κ1) is 18.6. The zero-order chi connectivity index (χ0) is 19.5. The third-order valence-electron chi connectivity index (χ3n) is 5.17. The van der Waals surface area contributed by atoms with E-state index in [9.17, 15) is 0 Å². The van der Waals surface area contributed by atoms with Crippen LogP contribution in [0.1, 0.15) is 43.5 Å². The lowest BCUT2D eigenvalue weighted by Gasteiger charge is -2.18. The van der Waals surface area contributed by atoms with Crippen molar-refractivity contribution in [1.82, 2.24) is 14.9 Å². The maximum atomic E-state index is 5.93. The second-order valence-electron chi connectivity index (χ2n) is 7.30. The van der Waals surface area contributed by atoms with Crippen molar-refractivity contribution < 1.29 is 9.47 Å². The second-order valence-corrected chi connectivity index (χ2v) is 7.30. The molecule has 146 valence electrons.